The van der Waals surface area contributed by atoms with Crippen LogP contribution >= 0.6 is 11.8 Å². The Balaban J connectivity index is 1.72. The van der Waals surface area contributed by atoms with Crippen LogP contribution in [-0.4, -0.2) is 26.8 Å². The van der Waals surface area contributed by atoms with E-state index in [4.69, 9.17) is 4.74 Å². The number of H-pyrrole nitrogens is 1. The van der Waals surface area contributed by atoms with E-state index in [1.165, 1.54) is 11.8 Å². The Bertz CT molecular complexity index is 665. The minimum atomic E-state index is -0.533. The van der Waals surface area contributed by atoms with Crippen LogP contribution in [0.5, 0.6) is 0 Å². The molecule has 0 spiro atoms. The molecule has 2 atom stereocenters. The number of ether oxygens (including phenoxy) is 1. The minimum absolute atomic E-state index is 0.0402. The molecule has 0 amide bonds. The summed E-state index contributed by atoms with van der Waals surface area (Å²) >= 11 is 1.33. The van der Waals surface area contributed by atoms with Gasteiger partial charge in [0.1, 0.15) is 5.03 Å². The molecule has 2 aromatic heterocycles. The predicted octanol–water partition coefficient (Wildman–Crippen LogP) is 2.32. The predicted molar refractivity (Wildman–Crippen MR) is 76.6 cm³/mol. The fraction of sp³-hybridized carbons (Fsp3) is 0.357. The molecule has 1 saturated heterocycles. The number of hydrogen-bond donors (Lipinski definition) is 1. The topological polar surface area (TPSA) is 67.9 Å². The molecule has 3 rings (SSSR count). The van der Waals surface area contributed by atoms with Gasteiger partial charge in [-0.2, -0.15) is 4.98 Å². The normalized spacial score (nSPS) is 22.1. The highest BCUT2D eigenvalue weighted by Gasteiger charge is 2.25. The van der Waals surface area contributed by atoms with Crippen molar-refractivity contribution in [2.45, 2.75) is 29.2 Å². The summed E-state index contributed by atoms with van der Waals surface area (Å²) in [6.07, 6.45) is 5.98. The molecule has 0 aliphatic carbocycles. The fourth-order valence-corrected chi connectivity index (χ4v) is 3.42. The molecule has 2 aromatic rings. The van der Waals surface area contributed by atoms with Crippen LogP contribution in [0.4, 0.5) is 4.39 Å². The number of thioether (sulfide) groups is 1. The number of halogens is 1. The summed E-state index contributed by atoms with van der Waals surface area (Å²) in [6.45, 7) is 0.605. The van der Waals surface area contributed by atoms with Crippen molar-refractivity contribution in [2.24, 2.45) is 0 Å². The van der Waals surface area contributed by atoms with Gasteiger partial charge in [-0.25, -0.2) is 9.18 Å². The van der Waals surface area contributed by atoms with Crippen LogP contribution in [0.3, 0.4) is 0 Å². The zero-order valence-corrected chi connectivity index (χ0v) is 12.0. The highest BCUT2D eigenvalue weighted by molar-refractivity contribution is 7.99. The summed E-state index contributed by atoms with van der Waals surface area (Å²) in [4.78, 5) is 21.1. The monoisotopic (exact) mass is 307 g/mol. The van der Waals surface area contributed by atoms with Crippen molar-refractivity contribution in [3.8, 4) is 0 Å². The second-order valence-electron chi connectivity index (χ2n) is 4.78. The first-order valence-corrected chi connectivity index (χ1v) is 7.53. The Kier molecular flexibility index (Phi) is 4.31. The summed E-state index contributed by atoms with van der Waals surface area (Å²) in [5, 5.41) is 0.420. The van der Waals surface area contributed by atoms with Gasteiger partial charge in [0, 0.05) is 24.3 Å². The number of aromatic amines is 1. The first kappa shape index (κ1) is 14.2. The van der Waals surface area contributed by atoms with Crippen LogP contribution in [0.1, 0.15) is 24.5 Å². The van der Waals surface area contributed by atoms with E-state index >= 15 is 0 Å². The second kappa shape index (κ2) is 6.36. The van der Waals surface area contributed by atoms with E-state index in [0.717, 1.165) is 24.6 Å². The Morgan fingerprint density at radius 3 is 3.14 bits per heavy atom. The van der Waals surface area contributed by atoms with Crippen LogP contribution in [-0.2, 0) is 4.74 Å². The summed E-state index contributed by atoms with van der Waals surface area (Å²) in [5.41, 5.74) is 0.487. The number of aromatic nitrogens is 3. The zero-order valence-electron chi connectivity index (χ0n) is 11.2. The van der Waals surface area contributed by atoms with Crippen LogP contribution < -0.4 is 5.69 Å². The molecule has 1 N–H and O–H groups in total. The molecule has 21 heavy (non-hydrogen) atoms. The van der Waals surface area contributed by atoms with Crippen molar-refractivity contribution >= 4 is 11.8 Å². The Morgan fingerprint density at radius 1 is 1.43 bits per heavy atom. The molecule has 0 saturated carbocycles. The number of nitrogens with one attached hydrogen (secondary N) is 1. The third-order valence-corrected chi connectivity index (χ3v) is 4.60. The molecule has 0 bridgehead atoms. The average molecular weight is 307 g/mol. The lowest BCUT2D eigenvalue weighted by atomic mass is 10.0. The molecule has 0 radical (unpaired) electrons. The number of pyridine rings is 1. The van der Waals surface area contributed by atoms with Gasteiger partial charge in [-0.05, 0) is 24.5 Å². The van der Waals surface area contributed by atoms with E-state index < -0.39 is 11.5 Å². The third-order valence-electron chi connectivity index (χ3n) is 3.31. The first-order chi connectivity index (χ1) is 10.2. The van der Waals surface area contributed by atoms with Crippen LogP contribution in [0.15, 0.2) is 40.5 Å². The maximum Gasteiger partial charge on any atom is 0.345 e. The van der Waals surface area contributed by atoms with Gasteiger partial charge in [0.15, 0.2) is 5.82 Å². The van der Waals surface area contributed by atoms with Gasteiger partial charge in [-0.1, -0.05) is 6.07 Å². The van der Waals surface area contributed by atoms with Crippen molar-refractivity contribution < 1.29 is 9.13 Å². The Morgan fingerprint density at radius 2 is 2.33 bits per heavy atom. The second-order valence-corrected chi connectivity index (χ2v) is 6.09. The Hall–Kier alpha value is -1.73. The van der Waals surface area contributed by atoms with Gasteiger partial charge in [0.2, 0.25) is 0 Å². The molecule has 1 aliphatic heterocycles. The molecule has 7 heteroatoms. The average Bonchev–Trinajstić information content (AvgIpc) is 2.52. The summed E-state index contributed by atoms with van der Waals surface area (Å²) in [5.74, 6) is -0.496. The summed E-state index contributed by atoms with van der Waals surface area (Å²) in [7, 11) is 0. The van der Waals surface area contributed by atoms with E-state index in [1.54, 1.807) is 12.4 Å². The molecular weight excluding hydrogens is 293 g/mol. The van der Waals surface area contributed by atoms with Crippen molar-refractivity contribution in [2.75, 3.05) is 6.61 Å². The lowest BCUT2D eigenvalue weighted by Gasteiger charge is -2.29. The lowest BCUT2D eigenvalue weighted by Crippen LogP contribution is -2.22. The largest absolute Gasteiger partial charge is 0.373 e. The number of nitrogens with zero attached hydrogens (tertiary/aromatic N) is 2. The SMILES string of the molecule is O=c1ncc(F)c(SC2CCOC(c3cccnc3)C2)[nH]1. The van der Waals surface area contributed by atoms with Gasteiger partial charge in [-0.15, -0.1) is 11.8 Å². The van der Waals surface area contributed by atoms with E-state index in [1.807, 2.05) is 12.1 Å². The fourth-order valence-electron chi connectivity index (χ4n) is 2.29. The smallest absolute Gasteiger partial charge is 0.345 e. The van der Waals surface area contributed by atoms with Gasteiger partial charge in [0.05, 0.1) is 12.3 Å². The van der Waals surface area contributed by atoms with Crippen molar-refractivity contribution in [3.05, 3.63) is 52.6 Å². The number of hydrogen-bond acceptors (Lipinski definition) is 5. The molecule has 3 heterocycles. The highest BCUT2D eigenvalue weighted by atomic mass is 32.2. The van der Waals surface area contributed by atoms with E-state index in [2.05, 4.69) is 15.0 Å². The molecule has 1 fully saturated rings. The van der Waals surface area contributed by atoms with Crippen LogP contribution in [0.25, 0.3) is 0 Å². The van der Waals surface area contributed by atoms with Gasteiger partial charge in [-0.3, -0.25) is 9.97 Å². The van der Waals surface area contributed by atoms with Crippen molar-refractivity contribution in [1.29, 1.82) is 0 Å². The van der Waals surface area contributed by atoms with Crippen molar-refractivity contribution in [1.82, 2.24) is 15.0 Å². The van der Waals surface area contributed by atoms with Crippen molar-refractivity contribution in [3.63, 3.8) is 0 Å². The lowest BCUT2D eigenvalue weighted by molar-refractivity contribution is 0.0176. The minimum Gasteiger partial charge on any atom is -0.373 e. The Labute approximate surface area is 125 Å². The zero-order chi connectivity index (χ0) is 14.7. The number of rotatable bonds is 3. The standard InChI is InChI=1S/C14H14FN3O2S/c15-11-8-17-14(19)18-13(11)21-10-3-5-20-12(6-10)9-2-1-4-16-7-9/h1-2,4,7-8,10,12H,3,5-6H2,(H,17,18,19). The maximum atomic E-state index is 13.6. The molecule has 0 aromatic carbocycles. The molecule has 110 valence electrons. The highest BCUT2D eigenvalue weighted by Crippen LogP contribution is 2.36. The molecule has 1 aliphatic rings. The molecular formula is C14H14FN3O2S. The van der Waals surface area contributed by atoms with Gasteiger partial charge >= 0.3 is 5.69 Å². The van der Waals surface area contributed by atoms with Gasteiger partial charge in [0.25, 0.3) is 0 Å². The maximum absolute atomic E-state index is 13.6. The summed E-state index contributed by atoms with van der Waals surface area (Å²) < 4.78 is 19.4. The molecule has 5 nitrogen and oxygen atoms in total. The van der Waals surface area contributed by atoms with E-state index in [0.29, 0.717) is 6.61 Å². The van der Waals surface area contributed by atoms with Crippen LogP contribution in [0.2, 0.25) is 0 Å². The first-order valence-electron chi connectivity index (χ1n) is 6.65. The quantitative estimate of drug-likeness (QED) is 0.881. The molecule has 2 unspecified atom stereocenters. The summed E-state index contributed by atoms with van der Waals surface area (Å²) in [6, 6.07) is 3.84. The van der Waals surface area contributed by atoms with Gasteiger partial charge < -0.3 is 4.74 Å². The van der Waals surface area contributed by atoms with E-state index in [9.17, 15) is 9.18 Å². The van der Waals surface area contributed by atoms with E-state index in [-0.39, 0.29) is 16.4 Å². The van der Waals surface area contributed by atoms with Crippen LogP contribution in [0, 0.1) is 5.82 Å². The third kappa shape index (κ3) is 3.48.